The molecule has 0 saturated carbocycles. The van der Waals surface area contributed by atoms with Crippen molar-refractivity contribution in [2.45, 2.75) is 38.1 Å². The summed E-state index contributed by atoms with van der Waals surface area (Å²) in [6.45, 7) is 0.700. The van der Waals surface area contributed by atoms with E-state index in [1.54, 1.807) is 6.20 Å². The number of piperidine rings is 1. The van der Waals surface area contributed by atoms with Crippen molar-refractivity contribution >= 4 is 23.3 Å². The number of hydrogen-bond acceptors (Lipinski definition) is 2. The van der Waals surface area contributed by atoms with Crippen LogP contribution in [-0.4, -0.2) is 28.5 Å². The fourth-order valence-corrected chi connectivity index (χ4v) is 3.37. The Kier molecular flexibility index (Phi) is 5.87. The highest BCUT2D eigenvalue weighted by Gasteiger charge is 2.27. The number of nitrogens with one attached hydrogen (secondary N) is 1. The Morgan fingerprint density at radius 1 is 1.32 bits per heavy atom. The smallest absolute Gasteiger partial charge is 0.322 e. The van der Waals surface area contributed by atoms with Gasteiger partial charge in [0.1, 0.15) is 5.82 Å². The minimum atomic E-state index is -0.426. The van der Waals surface area contributed by atoms with Crippen molar-refractivity contribution < 1.29 is 9.18 Å². The van der Waals surface area contributed by atoms with Gasteiger partial charge in [0.15, 0.2) is 0 Å². The molecule has 0 aliphatic carbocycles. The third-order valence-electron chi connectivity index (χ3n) is 4.52. The summed E-state index contributed by atoms with van der Waals surface area (Å²) in [5, 5.41) is 3.08. The van der Waals surface area contributed by atoms with Gasteiger partial charge in [-0.3, -0.25) is 4.98 Å². The third-order valence-corrected chi connectivity index (χ3v) is 4.85. The highest BCUT2D eigenvalue weighted by molar-refractivity contribution is 6.33. The molecule has 1 unspecified atom stereocenters. The maximum atomic E-state index is 13.4. The number of pyridine rings is 1. The largest absolute Gasteiger partial charge is 0.322 e. The van der Waals surface area contributed by atoms with Crippen LogP contribution in [-0.2, 0) is 6.42 Å². The molecule has 1 saturated heterocycles. The van der Waals surface area contributed by atoms with Gasteiger partial charge in [0.25, 0.3) is 0 Å². The molecule has 132 valence electrons. The van der Waals surface area contributed by atoms with E-state index in [9.17, 15) is 9.18 Å². The van der Waals surface area contributed by atoms with Gasteiger partial charge in [-0.1, -0.05) is 17.7 Å². The molecule has 1 N–H and O–H groups in total. The van der Waals surface area contributed by atoms with E-state index in [0.717, 1.165) is 37.8 Å². The Bertz CT molecular complexity index is 726. The normalized spacial score (nSPS) is 17.4. The molecule has 1 atom stereocenters. The minimum Gasteiger partial charge on any atom is -0.322 e. The van der Waals surface area contributed by atoms with E-state index in [1.807, 2.05) is 23.1 Å². The van der Waals surface area contributed by atoms with Crippen LogP contribution in [0.5, 0.6) is 0 Å². The zero-order chi connectivity index (χ0) is 17.6. The number of aromatic nitrogens is 1. The van der Waals surface area contributed by atoms with Gasteiger partial charge >= 0.3 is 6.03 Å². The fraction of sp³-hybridized carbons (Fsp3) is 0.368. The van der Waals surface area contributed by atoms with E-state index in [-0.39, 0.29) is 12.1 Å². The molecule has 1 aliphatic heterocycles. The van der Waals surface area contributed by atoms with E-state index in [1.165, 1.54) is 18.2 Å². The lowest BCUT2D eigenvalue weighted by atomic mass is 9.97. The molecule has 0 radical (unpaired) electrons. The van der Waals surface area contributed by atoms with Gasteiger partial charge in [0.05, 0.1) is 10.7 Å². The molecule has 4 nitrogen and oxygen atoms in total. The lowest BCUT2D eigenvalue weighted by Gasteiger charge is -2.36. The van der Waals surface area contributed by atoms with Gasteiger partial charge in [-0.05, 0) is 62.4 Å². The van der Waals surface area contributed by atoms with Gasteiger partial charge in [-0.15, -0.1) is 0 Å². The van der Waals surface area contributed by atoms with E-state index < -0.39 is 5.82 Å². The summed E-state index contributed by atoms with van der Waals surface area (Å²) in [5.74, 6) is -0.426. The first kappa shape index (κ1) is 17.7. The third kappa shape index (κ3) is 4.69. The summed E-state index contributed by atoms with van der Waals surface area (Å²) in [4.78, 5) is 18.9. The SMILES string of the molecule is O=C(Nc1cc(F)ccc1Cl)N1CCCCC1CCc1ccccn1. The average Bonchev–Trinajstić information content (AvgIpc) is 2.64. The standard InChI is InChI=1S/C19H21ClFN3O/c20-17-10-7-14(21)13-18(17)23-19(25)24-12-4-2-6-16(24)9-8-15-5-1-3-11-22-15/h1,3,5,7,10-11,13,16H,2,4,6,8-9,12H2,(H,23,25). The van der Waals surface area contributed by atoms with Crippen LogP contribution in [0.2, 0.25) is 5.02 Å². The van der Waals surface area contributed by atoms with E-state index in [4.69, 9.17) is 11.6 Å². The predicted molar refractivity (Wildman–Crippen MR) is 97.3 cm³/mol. The molecular weight excluding hydrogens is 341 g/mol. The molecule has 2 aromatic rings. The lowest BCUT2D eigenvalue weighted by molar-refractivity contribution is 0.158. The molecule has 1 aliphatic rings. The number of halogens is 2. The number of nitrogens with zero attached hydrogens (tertiary/aromatic N) is 2. The van der Waals surface area contributed by atoms with Crippen molar-refractivity contribution in [2.24, 2.45) is 0 Å². The van der Waals surface area contributed by atoms with Crippen LogP contribution in [0.3, 0.4) is 0 Å². The number of rotatable bonds is 4. The highest BCUT2D eigenvalue weighted by Crippen LogP contribution is 2.25. The molecular formula is C19H21ClFN3O. The summed E-state index contributed by atoms with van der Waals surface area (Å²) in [6.07, 6.45) is 6.53. The van der Waals surface area contributed by atoms with Gasteiger partial charge in [0.2, 0.25) is 0 Å². The average molecular weight is 362 g/mol. The molecule has 0 spiro atoms. The summed E-state index contributed by atoms with van der Waals surface area (Å²) in [6, 6.07) is 9.76. The van der Waals surface area contributed by atoms with Gasteiger partial charge in [-0.25, -0.2) is 9.18 Å². The Morgan fingerprint density at radius 2 is 2.20 bits per heavy atom. The molecule has 2 heterocycles. The van der Waals surface area contributed by atoms with Crippen molar-refractivity contribution in [1.82, 2.24) is 9.88 Å². The number of hydrogen-bond donors (Lipinski definition) is 1. The van der Waals surface area contributed by atoms with Crippen molar-refractivity contribution in [3.8, 4) is 0 Å². The number of anilines is 1. The van der Waals surface area contributed by atoms with Crippen LogP contribution in [0.15, 0.2) is 42.6 Å². The summed E-state index contributed by atoms with van der Waals surface area (Å²) < 4.78 is 13.4. The number of benzene rings is 1. The molecule has 1 aromatic carbocycles. The maximum absolute atomic E-state index is 13.4. The number of urea groups is 1. The van der Waals surface area contributed by atoms with E-state index in [2.05, 4.69) is 10.3 Å². The van der Waals surface area contributed by atoms with Crippen molar-refractivity contribution in [3.05, 3.63) is 59.1 Å². The number of likely N-dealkylation sites (tertiary alicyclic amines) is 1. The van der Waals surface area contributed by atoms with Gasteiger partial charge < -0.3 is 10.2 Å². The predicted octanol–water partition coefficient (Wildman–Crippen LogP) is 4.89. The van der Waals surface area contributed by atoms with Gasteiger partial charge in [0, 0.05) is 24.5 Å². The summed E-state index contributed by atoms with van der Waals surface area (Å²) in [7, 11) is 0. The maximum Gasteiger partial charge on any atom is 0.322 e. The summed E-state index contributed by atoms with van der Waals surface area (Å²) in [5.41, 5.74) is 1.34. The van der Waals surface area contributed by atoms with Crippen molar-refractivity contribution in [2.75, 3.05) is 11.9 Å². The monoisotopic (exact) mass is 361 g/mol. The van der Waals surface area contributed by atoms with Crippen LogP contribution in [0, 0.1) is 5.82 Å². The molecule has 25 heavy (non-hydrogen) atoms. The second kappa shape index (κ2) is 8.30. The molecule has 1 aromatic heterocycles. The Balaban J connectivity index is 1.65. The van der Waals surface area contributed by atoms with Crippen LogP contribution in [0.1, 0.15) is 31.4 Å². The number of amides is 2. The second-order valence-corrected chi connectivity index (χ2v) is 6.66. The highest BCUT2D eigenvalue weighted by atomic mass is 35.5. The first-order valence-corrected chi connectivity index (χ1v) is 8.94. The first-order valence-electron chi connectivity index (χ1n) is 8.56. The zero-order valence-electron chi connectivity index (χ0n) is 13.9. The Hall–Kier alpha value is -2.14. The van der Waals surface area contributed by atoms with Crippen molar-refractivity contribution in [3.63, 3.8) is 0 Å². The lowest BCUT2D eigenvalue weighted by Crippen LogP contribution is -2.46. The van der Waals surface area contributed by atoms with Crippen LogP contribution >= 0.6 is 11.6 Å². The number of carbonyl (C=O) groups is 1. The van der Waals surface area contributed by atoms with Gasteiger partial charge in [-0.2, -0.15) is 0 Å². The molecule has 0 bridgehead atoms. The van der Waals surface area contributed by atoms with E-state index in [0.29, 0.717) is 17.3 Å². The first-order chi connectivity index (χ1) is 12.1. The zero-order valence-corrected chi connectivity index (χ0v) is 14.7. The topological polar surface area (TPSA) is 45.2 Å². The fourth-order valence-electron chi connectivity index (χ4n) is 3.21. The quantitative estimate of drug-likeness (QED) is 0.842. The van der Waals surface area contributed by atoms with Crippen LogP contribution in [0.25, 0.3) is 0 Å². The Morgan fingerprint density at radius 3 is 3.00 bits per heavy atom. The molecule has 2 amide bonds. The van der Waals surface area contributed by atoms with Crippen molar-refractivity contribution in [1.29, 1.82) is 0 Å². The van der Waals surface area contributed by atoms with Crippen LogP contribution in [0.4, 0.5) is 14.9 Å². The molecule has 3 rings (SSSR count). The number of aryl methyl sites for hydroxylation is 1. The minimum absolute atomic E-state index is 0.156. The second-order valence-electron chi connectivity index (χ2n) is 6.26. The van der Waals surface area contributed by atoms with Crippen LogP contribution < -0.4 is 5.32 Å². The summed E-state index contributed by atoms with van der Waals surface area (Å²) >= 11 is 6.05. The Labute approximate surface area is 152 Å². The van der Waals surface area contributed by atoms with E-state index >= 15 is 0 Å². The molecule has 1 fully saturated rings. The molecule has 6 heteroatoms. The number of carbonyl (C=O) groups excluding carboxylic acids is 1.